The number of hydrogen-bond acceptors (Lipinski definition) is 5. The van der Waals surface area contributed by atoms with Crippen LogP contribution in [-0.2, 0) is 37.0 Å². The highest BCUT2D eigenvalue weighted by Gasteiger charge is 2.28. The van der Waals surface area contributed by atoms with E-state index in [1.165, 1.54) is 17.5 Å². The van der Waals surface area contributed by atoms with Gasteiger partial charge in [0.25, 0.3) is 0 Å². The first-order chi connectivity index (χ1) is 13.7. The molecular weight excluding hydrogens is 354 g/mol. The molecule has 1 aromatic carbocycles. The average molecular weight is 377 g/mol. The van der Waals surface area contributed by atoms with Crippen LogP contribution in [0, 0.1) is 0 Å². The van der Waals surface area contributed by atoms with Gasteiger partial charge in [-0.3, -0.25) is 9.48 Å². The number of amides is 1. The van der Waals surface area contributed by atoms with Crippen LogP contribution in [0.3, 0.4) is 0 Å². The number of aromatic nitrogens is 6. The maximum absolute atomic E-state index is 11.9. The fourth-order valence-corrected chi connectivity index (χ4v) is 4.27. The van der Waals surface area contributed by atoms with Gasteiger partial charge in [0, 0.05) is 25.9 Å². The Kier molecular flexibility index (Phi) is 4.18. The predicted molar refractivity (Wildman–Crippen MR) is 102 cm³/mol. The van der Waals surface area contributed by atoms with Crippen molar-refractivity contribution < 1.29 is 4.79 Å². The molecule has 1 unspecified atom stereocenters. The van der Waals surface area contributed by atoms with Crippen molar-refractivity contribution in [2.45, 2.75) is 51.0 Å². The minimum atomic E-state index is -0.0824. The summed E-state index contributed by atoms with van der Waals surface area (Å²) in [5, 5.41) is 11.6. The Hall–Kier alpha value is -3.03. The molecule has 1 N–H and O–H groups in total. The van der Waals surface area contributed by atoms with E-state index in [0.29, 0.717) is 5.82 Å². The first kappa shape index (κ1) is 17.1. The molecule has 5 rings (SSSR count). The summed E-state index contributed by atoms with van der Waals surface area (Å²) in [5.41, 5.74) is 3.86. The van der Waals surface area contributed by atoms with Gasteiger partial charge in [0.1, 0.15) is 18.0 Å². The van der Waals surface area contributed by atoms with Crippen LogP contribution in [0.1, 0.15) is 47.4 Å². The van der Waals surface area contributed by atoms with Crippen LogP contribution in [0.25, 0.3) is 5.69 Å². The number of fused-ring (bicyclic) bond motifs is 2. The van der Waals surface area contributed by atoms with Crippen LogP contribution in [0.5, 0.6) is 0 Å². The quantitative estimate of drug-likeness (QED) is 0.742. The fourth-order valence-electron chi connectivity index (χ4n) is 4.27. The van der Waals surface area contributed by atoms with Crippen LogP contribution in [-0.4, -0.2) is 42.5 Å². The molecular formula is C20H23N7O. The van der Waals surface area contributed by atoms with Crippen molar-refractivity contribution in [1.29, 1.82) is 0 Å². The molecule has 8 nitrogen and oxygen atoms in total. The van der Waals surface area contributed by atoms with Gasteiger partial charge in [0.15, 0.2) is 5.82 Å². The standard InChI is InChI=1S/C20H23N7O/c1-21-19(28)11-17-24-20(15-7-8-26-18(10-15)22-12-23-26)27(25-17)16-6-5-13-3-2-4-14(13)9-16/h5-6,9,12,15H,2-4,7-8,10-11H2,1H3,(H,21,28). The molecule has 1 amide bonds. The molecule has 0 saturated carbocycles. The normalized spacial score (nSPS) is 18.0. The molecule has 3 heterocycles. The largest absolute Gasteiger partial charge is 0.359 e. The molecule has 1 aliphatic heterocycles. The summed E-state index contributed by atoms with van der Waals surface area (Å²) in [6, 6.07) is 6.56. The van der Waals surface area contributed by atoms with Crippen LogP contribution in [0.4, 0.5) is 0 Å². The highest BCUT2D eigenvalue weighted by atomic mass is 16.1. The highest BCUT2D eigenvalue weighted by molar-refractivity contribution is 5.77. The molecule has 0 fully saturated rings. The maximum atomic E-state index is 11.9. The second-order valence-corrected chi connectivity index (χ2v) is 7.54. The van der Waals surface area contributed by atoms with Gasteiger partial charge in [-0.05, 0) is 48.9 Å². The summed E-state index contributed by atoms with van der Waals surface area (Å²) in [4.78, 5) is 21.0. The molecule has 0 saturated heterocycles. The van der Waals surface area contributed by atoms with Crippen molar-refractivity contribution in [3.8, 4) is 5.69 Å². The minimum absolute atomic E-state index is 0.0824. The first-order valence-corrected chi connectivity index (χ1v) is 9.86. The smallest absolute Gasteiger partial charge is 0.227 e. The third-order valence-corrected chi connectivity index (χ3v) is 5.78. The number of nitrogens with one attached hydrogen (secondary N) is 1. The van der Waals surface area contributed by atoms with E-state index in [1.54, 1.807) is 13.4 Å². The van der Waals surface area contributed by atoms with Crippen molar-refractivity contribution in [2.75, 3.05) is 7.05 Å². The van der Waals surface area contributed by atoms with Crippen molar-refractivity contribution in [2.24, 2.45) is 0 Å². The van der Waals surface area contributed by atoms with E-state index in [-0.39, 0.29) is 18.2 Å². The van der Waals surface area contributed by atoms with Crippen molar-refractivity contribution >= 4 is 5.91 Å². The summed E-state index contributed by atoms with van der Waals surface area (Å²) in [5.74, 6) is 2.57. The number of hydrogen-bond donors (Lipinski definition) is 1. The Labute approximate surface area is 163 Å². The average Bonchev–Trinajstić information content (AvgIpc) is 3.45. The summed E-state index contributed by atoms with van der Waals surface area (Å²) < 4.78 is 3.89. The first-order valence-electron chi connectivity index (χ1n) is 9.86. The molecule has 3 aromatic rings. The Morgan fingerprint density at radius 3 is 3.07 bits per heavy atom. The molecule has 28 heavy (non-hydrogen) atoms. The molecule has 2 aromatic heterocycles. The number of nitrogens with zero attached hydrogens (tertiary/aromatic N) is 6. The Bertz CT molecular complexity index is 1040. The number of rotatable bonds is 4. The van der Waals surface area contributed by atoms with E-state index in [1.807, 2.05) is 9.36 Å². The van der Waals surface area contributed by atoms with Gasteiger partial charge in [-0.2, -0.15) is 10.2 Å². The molecule has 2 aliphatic rings. The monoisotopic (exact) mass is 377 g/mol. The Morgan fingerprint density at radius 1 is 1.29 bits per heavy atom. The molecule has 0 radical (unpaired) electrons. The predicted octanol–water partition coefficient (Wildman–Crippen LogP) is 1.37. The van der Waals surface area contributed by atoms with Crippen LogP contribution in [0.15, 0.2) is 24.5 Å². The lowest BCUT2D eigenvalue weighted by Gasteiger charge is -2.22. The zero-order valence-corrected chi connectivity index (χ0v) is 15.9. The SMILES string of the molecule is CNC(=O)Cc1nc(C2CCn3ncnc3C2)n(-c2ccc3c(c2)CCC3)n1. The van der Waals surface area contributed by atoms with Crippen LogP contribution in [0.2, 0.25) is 0 Å². The fraction of sp³-hybridized carbons (Fsp3) is 0.450. The summed E-state index contributed by atoms with van der Waals surface area (Å²) in [7, 11) is 1.63. The van der Waals surface area contributed by atoms with E-state index in [2.05, 4.69) is 33.6 Å². The van der Waals surface area contributed by atoms with Crippen LogP contribution >= 0.6 is 0 Å². The Balaban J connectivity index is 1.54. The molecule has 8 heteroatoms. The Morgan fingerprint density at radius 2 is 2.18 bits per heavy atom. The van der Waals surface area contributed by atoms with E-state index in [9.17, 15) is 4.79 Å². The third kappa shape index (κ3) is 2.98. The van der Waals surface area contributed by atoms with Crippen LogP contribution < -0.4 is 5.32 Å². The van der Waals surface area contributed by atoms with Gasteiger partial charge < -0.3 is 5.32 Å². The van der Waals surface area contributed by atoms with Crippen molar-refractivity contribution in [1.82, 2.24) is 34.8 Å². The lowest BCUT2D eigenvalue weighted by molar-refractivity contribution is -0.120. The van der Waals surface area contributed by atoms with Gasteiger partial charge in [-0.1, -0.05) is 6.07 Å². The second kappa shape index (κ2) is 6.85. The second-order valence-electron chi connectivity index (χ2n) is 7.54. The molecule has 0 spiro atoms. The van der Waals surface area contributed by atoms with Gasteiger partial charge in [0.05, 0.1) is 12.1 Å². The van der Waals surface area contributed by atoms with E-state index in [0.717, 1.165) is 49.6 Å². The number of carbonyl (C=O) groups excluding carboxylic acids is 1. The number of benzene rings is 1. The maximum Gasteiger partial charge on any atom is 0.227 e. The lowest BCUT2D eigenvalue weighted by atomic mass is 9.97. The number of carbonyl (C=O) groups is 1. The minimum Gasteiger partial charge on any atom is -0.359 e. The molecule has 0 bridgehead atoms. The van der Waals surface area contributed by atoms with Gasteiger partial charge in [-0.15, -0.1) is 0 Å². The summed E-state index contributed by atoms with van der Waals surface area (Å²) in [6.07, 6.45) is 6.99. The molecule has 144 valence electrons. The van der Waals surface area contributed by atoms with Gasteiger partial charge >= 0.3 is 0 Å². The zero-order chi connectivity index (χ0) is 19.1. The van der Waals surface area contributed by atoms with Gasteiger partial charge in [-0.25, -0.2) is 14.6 Å². The van der Waals surface area contributed by atoms with E-state index >= 15 is 0 Å². The molecule has 1 atom stereocenters. The molecule has 1 aliphatic carbocycles. The topological polar surface area (TPSA) is 90.5 Å². The summed E-state index contributed by atoms with van der Waals surface area (Å²) in [6.45, 7) is 0.821. The summed E-state index contributed by atoms with van der Waals surface area (Å²) >= 11 is 0. The third-order valence-electron chi connectivity index (χ3n) is 5.78. The van der Waals surface area contributed by atoms with Gasteiger partial charge in [0.2, 0.25) is 5.91 Å². The van der Waals surface area contributed by atoms with E-state index < -0.39 is 0 Å². The van der Waals surface area contributed by atoms with Crippen molar-refractivity contribution in [3.05, 3.63) is 53.1 Å². The zero-order valence-electron chi connectivity index (χ0n) is 15.9. The number of aryl methyl sites for hydroxylation is 3. The number of likely N-dealkylation sites (N-methyl/N-ethyl adjacent to an activating group) is 1. The highest BCUT2D eigenvalue weighted by Crippen LogP contribution is 2.30. The van der Waals surface area contributed by atoms with Crippen molar-refractivity contribution in [3.63, 3.8) is 0 Å². The lowest BCUT2D eigenvalue weighted by Crippen LogP contribution is -2.22. The van der Waals surface area contributed by atoms with E-state index in [4.69, 9.17) is 10.1 Å².